The van der Waals surface area contributed by atoms with E-state index in [1.807, 2.05) is 0 Å². The summed E-state index contributed by atoms with van der Waals surface area (Å²) in [5.41, 5.74) is 0. The molecule has 1 fully saturated rings. The van der Waals surface area contributed by atoms with Gasteiger partial charge in [-0.25, -0.2) is 0 Å². The van der Waals surface area contributed by atoms with Crippen LogP contribution >= 0.6 is 11.3 Å². The molecule has 0 radical (unpaired) electrons. The predicted molar refractivity (Wildman–Crippen MR) is 66.0 cm³/mol. The number of hydrogen-bond donors (Lipinski definition) is 1. The maximum Gasteiger partial charge on any atom is 0.148 e. The van der Waals surface area contributed by atoms with E-state index in [9.17, 15) is 0 Å². The molecule has 1 unspecified atom stereocenters. The second-order valence-corrected chi connectivity index (χ2v) is 5.59. The standard InChI is InChI=1S/C11H19N3O2S/c1-8(2)5-12-6-10-13-14-11(17-10)9-7-15-3-4-16-9/h8-9,12H,3-7H2,1-2H3. The summed E-state index contributed by atoms with van der Waals surface area (Å²) in [6.07, 6.45) is -0.0277. The van der Waals surface area contributed by atoms with Crippen molar-refractivity contribution >= 4 is 11.3 Å². The molecule has 1 aromatic heterocycles. The summed E-state index contributed by atoms with van der Waals surface area (Å²) < 4.78 is 10.9. The van der Waals surface area contributed by atoms with Gasteiger partial charge in [-0.05, 0) is 12.5 Å². The van der Waals surface area contributed by atoms with Crippen LogP contribution in [0.1, 0.15) is 30.0 Å². The highest BCUT2D eigenvalue weighted by Crippen LogP contribution is 2.23. The van der Waals surface area contributed by atoms with Gasteiger partial charge in [-0.1, -0.05) is 25.2 Å². The first-order valence-electron chi connectivity index (χ1n) is 5.98. The lowest BCUT2D eigenvalue weighted by atomic mass is 10.2. The minimum Gasteiger partial charge on any atom is -0.376 e. The van der Waals surface area contributed by atoms with Crippen LogP contribution in [-0.2, 0) is 16.0 Å². The van der Waals surface area contributed by atoms with E-state index < -0.39 is 0 Å². The van der Waals surface area contributed by atoms with Crippen LogP contribution in [0.15, 0.2) is 0 Å². The molecule has 1 saturated heterocycles. The topological polar surface area (TPSA) is 56.3 Å². The normalized spacial score (nSPS) is 21.0. The van der Waals surface area contributed by atoms with Gasteiger partial charge in [-0.15, -0.1) is 10.2 Å². The van der Waals surface area contributed by atoms with Crippen LogP contribution in [0, 0.1) is 5.92 Å². The molecule has 0 bridgehead atoms. The van der Waals surface area contributed by atoms with Crippen molar-refractivity contribution in [1.29, 1.82) is 0 Å². The maximum atomic E-state index is 5.58. The summed E-state index contributed by atoms with van der Waals surface area (Å²) in [6.45, 7) is 8.07. The Hall–Kier alpha value is -0.560. The number of nitrogens with one attached hydrogen (secondary N) is 1. The van der Waals surface area contributed by atoms with E-state index in [-0.39, 0.29) is 6.10 Å². The molecule has 2 rings (SSSR count). The Morgan fingerprint density at radius 2 is 2.29 bits per heavy atom. The molecule has 1 aromatic rings. The van der Waals surface area contributed by atoms with Gasteiger partial charge in [0.2, 0.25) is 0 Å². The fraction of sp³-hybridized carbons (Fsp3) is 0.818. The van der Waals surface area contributed by atoms with E-state index in [0.29, 0.717) is 25.7 Å². The molecular weight excluding hydrogens is 238 g/mol. The third-order valence-electron chi connectivity index (χ3n) is 2.40. The smallest absolute Gasteiger partial charge is 0.148 e. The number of aromatic nitrogens is 2. The Labute approximate surface area is 106 Å². The second-order valence-electron chi connectivity index (χ2n) is 4.49. The summed E-state index contributed by atoms with van der Waals surface area (Å²) in [5.74, 6) is 0.650. The fourth-order valence-corrected chi connectivity index (χ4v) is 2.41. The zero-order valence-electron chi connectivity index (χ0n) is 10.3. The Morgan fingerprint density at radius 1 is 1.41 bits per heavy atom. The molecule has 96 valence electrons. The van der Waals surface area contributed by atoms with Crippen molar-refractivity contribution in [2.45, 2.75) is 26.5 Å². The average molecular weight is 257 g/mol. The van der Waals surface area contributed by atoms with E-state index in [4.69, 9.17) is 9.47 Å². The zero-order chi connectivity index (χ0) is 12.1. The monoisotopic (exact) mass is 257 g/mol. The SMILES string of the molecule is CC(C)CNCc1nnc(C2COCCO2)s1. The molecule has 6 heteroatoms. The highest BCUT2D eigenvalue weighted by Gasteiger charge is 2.20. The van der Waals surface area contributed by atoms with Crippen LogP contribution in [0.25, 0.3) is 0 Å². The summed E-state index contributed by atoms with van der Waals surface area (Å²) in [7, 11) is 0. The fourth-order valence-electron chi connectivity index (χ4n) is 1.57. The minimum absolute atomic E-state index is 0.0277. The van der Waals surface area contributed by atoms with Gasteiger partial charge >= 0.3 is 0 Å². The molecule has 0 spiro atoms. The van der Waals surface area contributed by atoms with Crippen molar-refractivity contribution in [2.24, 2.45) is 5.92 Å². The van der Waals surface area contributed by atoms with Crippen molar-refractivity contribution in [3.05, 3.63) is 10.0 Å². The molecule has 0 saturated carbocycles. The van der Waals surface area contributed by atoms with Crippen molar-refractivity contribution in [1.82, 2.24) is 15.5 Å². The Bertz CT molecular complexity index is 337. The lowest BCUT2D eigenvalue weighted by Crippen LogP contribution is -2.21. The highest BCUT2D eigenvalue weighted by molar-refractivity contribution is 7.11. The van der Waals surface area contributed by atoms with Crippen molar-refractivity contribution < 1.29 is 9.47 Å². The Balaban J connectivity index is 1.82. The van der Waals surface area contributed by atoms with Crippen LogP contribution in [0.4, 0.5) is 0 Å². The lowest BCUT2D eigenvalue weighted by Gasteiger charge is -2.20. The number of hydrogen-bond acceptors (Lipinski definition) is 6. The van der Waals surface area contributed by atoms with Gasteiger partial charge < -0.3 is 14.8 Å². The van der Waals surface area contributed by atoms with E-state index in [1.165, 1.54) is 0 Å². The van der Waals surface area contributed by atoms with Gasteiger partial charge in [0.1, 0.15) is 16.1 Å². The molecule has 1 aliphatic heterocycles. The minimum atomic E-state index is -0.0277. The van der Waals surface area contributed by atoms with E-state index in [0.717, 1.165) is 23.1 Å². The summed E-state index contributed by atoms with van der Waals surface area (Å²) in [6, 6.07) is 0. The van der Waals surface area contributed by atoms with Gasteiger partial charge in [-0.3, -0.25) is 0 Å². The largest absolute Gasteiger partial charge is 0.376 e. The van der Waals surface area contributed by atoms with Gasteiger partial charge in [0.15, 0.2) is 0 Å². The van der Waals surface area contributed by atoms with Gasteiger partial charge in [-0.2, -0.15) is 0 Å². The molecule has 1 aliphatic rings. The molecule has 0 amide bonds. The van der Waals surface area contributed by atoms with Crippen molar-refractivity contribution in [3.8, 4) is 0 Å². The zero-order valence-corrected chi connectivity index (χ0v) is 11.1. The van der Waals surface area contributed by atoms with Gasteiger partial charge in [0.25, 0.3) is 0 Å². The maximum absolute atomic E-state index is 5.58. The lowest BCUT2D eigenvalue weighted by molar-refractivity contribution is -0.0903. The van der Waals surface area contributed by atoms with Gasteiger partial charge in [0, 0.05) is 6.54 Å². The van der Waals surface area contributed by atoms with E-state index in [2.05, 4.69) is 29.4 Å². The molecular formula is C11H19N3O2S. The van der Waals surface area contributed by atoms with Crippen LogP contribution in [0.2, 0.25) is 0 Å². The highest BCUT2D eigenvalue weighted by atomic mass is 32.1. The Kier molecular flexibility index (Phi) is 4.85. The van der Waals surface area contributed by atoms with Crippen LogP contribution in [-0.4, -0.2) is 36.6 Å². The molecule has 0 aromatic carbocycles. The van der Waals surface area contributed by atoms with Crippen LogP contribution < -0.4 is 5.32 Å². The first-order chi connectivity index (χ1) is 8.25. The Morgan fingerprint density at radius 3 is 3.00 bits per heavy atom. The van der Waals surface area contributed by atoms with Crippen molar-refractivity contribution in [3.63, 3.8) is 0 Å². The van der Waals surface area contributed by atoms with Gasteiger partial charge in [0.05, 0.1) is 19.8 Å². The van der Waals surface area contributed by atoms with Crippen molar-refractivity contribution in [2.75, 3.05) is 26.4 Å². The first-order valence-corrected chi connectivity index (χ1v) is 6.79. The average Bonchev–Trinajstić information content (AvgIpc) is 2.78. The molecule has 1 atom stereocenters. The number of rotatable bonds is 5. The van der Waals surface area contributed by atoms with Crippen LogP contribution in [0.5, 0.6) is 0 Å². The molecule has 2 heterocycles. The molecule has 17 heavy (non-hydrogen) atoms. The quantitative estimate of drug-likeness (QED) is 0.863. The van der Waals surface area contributed by atoms with Crippen LogP contribution in [0.3, 0.4) is 0 Å². The third-order valence-corrected chi connectivity index (χ3v) is 3.42. The third kappa shape index (κ3) is 3.99. The first kappa shape index (κ1) is 12.9. The summed E-state index contributed by atoms with van der Waals surface area (Å²) >= 11 is 1.60. The predicted octanol–water partition coefficient (Wildman–Crippen LogP) is 1.37. The molecule has 0 aliphatic carbocycles. The summed E-state index contributed by atoms with van der Waals surface area (Å²) in [4.78, 5) is 0. The second kappa shape index (κ2) is 6.39. The van der Waals surface area contributed by atoms with E-state index in [1.54, 1.807) is 11.3 Å². The number of nitrogens with zero attached hydrogens (tertiary/aromatic N) is 2. The van der Waals surface area contributed by atoms with E-state index >= 15 is 0 Å². The molecule has 5 nitrogen and oxygen atoms in total. The number of ether oxygens (including phenoxy) is 2. The molecule has 1 N–H and O–H groups in total. The summed E-state index contributed by atoms with van der Waals surface area (Å²) in [5, 5.41) is 13.6.